The molecule has 0 aliphatic carbocycles. The number of aryl methyl sites for hydroxylation is 1. The Bertz CT molecular complexity index is 2020. The molecule has 4 heterocycles. The van der Waals surface area contributed by atoms with Gasteiger partial charge in [0, 0.05) is 35.5 Å². The fourth-order valence-corrected chi connectivity index (χ4v) is 11.1. The van der Waals surface area contributed by atoms with Crippen LogP contribution in [0.15, 0.2) is 85.1 Å². The molecule has 292 valence electrons. The van der Waals surface area contributed by atoms with Gasteiger partial charge in [0.15, 0.2) is 18.0 Å². The molecule has 3 aliphatic rings. The second kappa shape index (κ2) is 15.3. The SMILES string of the molecule is C[C@@H]1[C@@H]([Si](C)(C)F)[C@H](CCn2cc(C(CO)c3ccccc3)nn2)O[C@@]12C(=O)N(Cc1cccc(NC(=O)[C@H]3O[C@@H](O)[C@H](O)[C@@H](O)[C@@H]3O)c1)c1ccccc12. The van der Waals surface area contributed by atoms with Crippen LogP contribution < -0.4 is 10.2 Å². The smallest absolute Gasteiger partial charge is 0.264 e. The number of nitrogens with zero attached hydrogens (tertiary/aromatic N) is 4. The zero-order valence-electron chi connectivity index (χ0n) is 30.6. The molecule has 2 amide bonds. The lowest BCUT2D eigenvalue weighted by atomic mass is 9.82. The number of aliphatic hydroxyl groups is 5. The van der Waals surface area contributed by atoms with Crippen LogP contribution in [0.1, 0.15) is 41.6 Å². The van der Waals surface area contributed by atoms with E-state index in [1.807, 2.05) is 61.5 Å². The van der Waals surface area contributed by atoms with Gasteiger partial charge in [-0.2, -0.15) is 0 Å². The van der Waals surface area contributed by atoms with Gasteiger partial charge in [0.1, 0.15) is 18.3 Å². The minimum absolute atomic E-state index is 0.0878. The van der Waals surface area contributed by atoms with Gasteiger partial charge in [0.05, 0.1) is 36.6 Å². The molecule has 0 saturated carbocycles. The maximum absolute atomic E-state index is 16.4. The summed E-state index contributed by atoms with van der Waals surface area (Å²) in [4.78, 5) is 29.4. The topological polar surface area (TPSA) is 200 Å². The van der Waals surface area contributed by atoms with E-state index >= 15 is 4.11 Å². The monoisotopic (exact) mass is 775 g/mol. The number of carbonyl (C=O) groups is 2. The molecule has 3 aliphatic heterocycles. The van der Waals surface area contributed by atoms with Crippen molar-refractivity contribution < 1.29 is 48.7 Å². The third-order valence-electron chi connectivity index (χ3n) is 11.2. The van der Waals surface area contributed by atoms with E-state index in [4.69, 9.17) is 9.47 Å². The van der Waals surface area contributed by atoms with Gasteiger partial charge in [-0.15, -0.1) is 5.10 Å². The number of rotatable bonds is 11. The summed E-state index contributed by atoms with van der Waals surface area (Å²) in [5, 5.41) is 61.4. The van der Waals surface area contributed by atoms with Crippen molar-refractivity contribution in [3.8, 4) is 0 Å². The minimum atomic E-state index is -3.43. The van der Waals surface area contributed by atoms with Gasteiger partial charge in [-0.1, -0.05) is 72.8 Å². The van der Waals surface area contributed by atoms with Crippen LogP contribution in [0.25, 0.3) is 0 Å². The molecule has 0 bridgehead atoms. The van der Waals surface area contributed by atoms with Gasteiger partial charge in [-0.3, -0.25) is 14.3 Å². The first-order chi connectivity index (χ1) is 26.2. The summed E-state index contributed by atoms with van der Waals surface area (Å²) in [5.74, 6) is -2.04. The highest BCUT2D eigenvalue weighted by Gasteiger charge is 2.66. The van der Waals surface area contributed by atoms with E-state index in [2.05, 4.69) is 15.6 Å². The highest BCUT2D eigenvalue weighted by molar-refractivity contribution is 6.72. The van der Waals surface area contributed by atoms with Crippen LogP contribution >= 0.6 is 0 Å². The van der Waals surface area contributed by atoms with Crippen LogP contribution in [0.3, 0.4) is 0 Å². The van der Waals surface area contributed by atoms with Gasteiger partial charge in [0.2, 0.25) is 8.41 Å². The number of para-hydroxylation sites is 1. The summed E-state index contributed by atoms with van der Waals surface area (Å²) < 4.78 is 30.0. The molecule has 1 aromatic heterocycles. The molecule has 1 unspecified atom stereocenters. The molecule has 2 fully saturated rings. The Balaban J connectivity index is 1.11. The van der Waals surface area contributed by atoms with Crippen molar-refractivity contribution in [3.05, 3.63) is 107 Å². The molecule has 7 rings (SSSR count). The summed E-state index contributed by atoms with van der Waals surface area (Å²) in [7, 11) is -3.43. The first-order valence-corrected chi connectivity index (χ1v) is 21.3. The van der Waals surface area contributed by atoms with Crippen molar-refractivity contribution in [2.24, 2.45) is 5.92 Å². The van der Waals surface area contributed by atoms with Crippen LogP contribution in [0.5, 0.6) is 0 Å². The average Bonchev–Trinajstić information content (AvgIpc) is 3.82. The van der Waals surface area contributed by atoms with Crippen LogP contribution in [0.4, 0.5) is 15.5 Å². The van der Waals surface area contributed by atoms with Crippen LogP contribution in [-0.4, -0.2) is 104 Å². The molecule has 1 spiro atoms. The number of halogens is 1. The first-order valence-electron chi connectivity index (χ1n) is 18.4. The largest absolute Gasteiger partial charge is 0.395 e. The lowest BCUT2D eigenvalue weighted by Gasteiger charge is -2.37. The van der Waals surface area contributed by atoms with Crippen molar-refractivity contribution in [1.29, 1.82) is 0 Å². The van der Waals surface area contributed by atoms with E-state index in [1.54, 1.807) is 53.1 Å². The van der Waals surface area contributed by atoms with E-state index in [1.165, 1.54) is 0 Å². The Morgan fingerprint density at radius 1 is 1.00 bits per heavy atom. The van der Waals surface area contributed by atoms with Crippen LogP contribution in [0, 0.1) is 5.92 Å². The molecule has 55 heavy (non-hydrogen) atoms. The summed E-state index contributed by atoms with van der Waals surface area (Å²) in [6, 6.07) is 23.6. The maximum atomic E-state index is 16.4. The van der Waals surface area contributed by atoms with Crippen molar-refractivity contribution in [2.75, 3.05) is 16.8 Å². The highest BCUT2D eigenvalue weighted by atomic mass is 28.4. The zero-order valence-corrected chi connectivity index (χ0v) is 31.6. The predicted octanol–water partition coefficient (Wildman–Crippen LogP) is 2.55. The molecule has 0 radical (unpaired) electrons. The maximum Gasteiger partial charge on any atom is 0.264 e. The number of amides is 2. The summed E-state index contributed by atoms with van der Waals surface area (Å²) in [6.07, 6.45) is -7.36. The van der Waals surface area contributed by atoms with E-state index in [0.717, 1.165) is 5.56 Å². The Kier molecular flexibility index (Phi) is 10.8. The number of hydrogen-bond donors (Lipinski definition) is 6. The summed E-state index contributed by atoms with van der Waals surface area (Å²) in [5.41, 5.74) is 1.76. The number of fused-ring (bicyclic) bond motifs is 2. The van der Waals surface area contributed by atoms with Crippen molar-refractivity contribution in [2.45, 2.75) is 93.4 Å². The quantitative estimate of drug-likeness (QED) is 0.0967. The molecule has 14 nitrogen and oxygen atoms in total. The van der Waals surface area contributed by atoms with Gasteiger partial charge in [-0.25, -0.2) is 0 Å². The van der Waals surface area contributed by atoms with Crippen LogP contribution in [0.2, 0.25) is 18.6 Å². The van der Waals surface area contributed by atoms with Crippen molar-refractivity contribution >= 4 is 31.6 Å². The number of anilines is 2. The number of carbonyl (C=O) groups excluding carboxylic acids is 2. The van der Waals surface area contributed by atoms with E-state index in [9.17, 15) is 35.1 Å². The lowest BCUT2D eigenvalue weighted by Crippen LogP contribution is -2.60. The van der Waals surface area contributed by atoms with E-state index < -0.39 is 68.2 Å². The zero-order chi connectivity index (χ0) is 39.2. The van der Waals surface area contributed by atoms with Gasteiger partial charge < -0.3 is 49.3 Å². The standard InChI is InChI=1S/C39H46FN5O9Si/c1-22-35(55(2,3)40)30(16-17-44-20-28(42-43-44)26(21-46)24-11-5-4-6-12-24)54-39(22)27-14-7-8-15-29(27)45(38(39)52)19-23-10-9-13-25(18-23)41-36(50)34-32(48)31(47)33(49)37(51)53-34/h4-15,18,20,22,26,30-35,37,46-49,51H,16-17,19,21H2,1-3H3,(H,41,50)/t22-,26?,30+,31+,32+,33-,34+,35-,37-,39+/m1/s1. The highest BCUT2D eigenvalue weighted by Crippen LogP contribution is 2.60. The third kappa shape index (κ3) is 7.13. The van der Waals surface area contributed by atoms with Crippen molar-refractivity contribution in [3.63, 3.8) is 0 Å². The second-order valence-corrected chi connectivity index (χ2v) is 18.9. The molecule has 10 atom stereocenters. The number of hydrogen-bond acceptors (Lipinski definition) is 11. The third-order valence-corrected chi connectivity index (χ3v) is 13.6. The second-order valence-electron chi connectivity index (χ2n) is 15.1. The first kappa shape index (κ1) is 38.9. The number of aliphatic hydroxyl groups excluding tert-OH is 5. The van der Waals surface area contributed by atoms with Gasteiger partial charge in [0.25, 0.3) is 11.8 Å². The Morgan fingerprint density at radius 3 is 2.45 bits per heavy atom. The van der Waals surface area contributed by atoms with Gasteiger partial charge >= 0.3 is 0 Å². The number of nitrogens with one attached hydrogen (secondary N) is 1. The van der Waals surface area contributed by atoms with Gasteiger partial charge in [-0.05, 0) is 48.8 Å². The average molecular weight is 776 g/mol. The van der Waals surface area contributed by atoms with E-state index in [0.29, 0.717) is 41.2 Å². The van der Waals surface area contributed by atoms with Crippen molar-refractivity contribution in [1.82, 2.24) is 15.0 Å². The summed E-state index contributed by atoms with van der Waals surface area (Å²) >= 11 is 0. The fraction of sp³-hybridized carbons (Fsp3) is 0.436. The normalized spacial score (nSPS) is 29.8. The Morgan fingerprint density at radius 2 is 1.73 bits per heavy atom. The molecule has 16 heteroatoms. The molecule has 4 aromatic rings. The Hall–Kier alpha value is -4.39. The minimum Gasteiger partial charge on any atom is -0.395 e. The molecule has 2 saturated heterocycles. The fourth-order valence-electron chi connectivity index (χ4n) is 8.55. The summed E-state index contributed by atoms with van der Waals surface area (Å²) in [6.45, 7) is 5.48. The number of ether oxygens (including phenoxy) is 2. The number of aromatic nitrogens is 3. The lowest BCUT2D eigenvalue weighted by molar-refractivity contribution is -0.274. The Labute approximate surface area is 318 Å². The molecule has 3 aromatic carbocycles. The van der Waals surface area contributed by atoms with E-state index in [-0.39, 0.29) is 25.0 Å². The van der Waals surface area contributed by atoms with Crippen LogP contribution in [-0.2, 0) is 37.8 Å². The molecular weight excluding hydrogens is 730 g/mol. The number of benzene rings is 3. The molecule has 6 N–H and O–H groups in total. The predicted molar refractivity (Wildman–Crippen MR) is 200 cm³/mol. The molecular formula is C39H46FN5O9Si.